The molecule has 2 unspecified atom stereocenters. The summed E-state index contributed by atoms with van der Waals surface area (Å²) in [6.07, 6.45) is 0. The summed E-state index contributed by atoms with van der Waals surface area (Å²) in [5, 5.41) is 12.3. The van der Waals surface area contributed by atoms with Crippen LogP contribution in [0.25, 0.3) is 0 Å². The Bertz CT molecular complexity index is 500. The average Bonchev–Trinajstić information content (AvgIpc) is 2.49. The highest BCUT2D eigenvalue weighted by molar-refractivity contribution is 7.48. The number of rotatable bonds is 10. The van der Waals surface area contributed by atoms with Crippen molar-refractivity contribution in [1.29, 1.82) is 0 Å². The number of phosphoric ester groups is 1. The quantitative estimate of drug-likeness (QED) is 0.494. The molecule has 0 radical (unpaired) electrons. The molecule has 0 aliphatic carbocycles. The predicted octanol–water partition coefficient (Wildman–Crippen LogP) is 2.42. The summed E-state index contributed by atoms with van der Waals surface area (Å²) >= 11 is 0. The SMILES string of the molecule is CCOP(=O)(OCCNP)Oc1c(CO)cc(C)cc1OC. The highest BCUT2D eigenvalue weighted by Crippen LogP contribution is 2.52. The maximum Gasteiger partial charge on any atom is 0.530 e. The number of phosphoric acid groups is 1. The smallest absolute Gasteiger partial charge is 0.493 e. The molecular weight excluding hydrogens is 328 g/mol. The zero-order valence-corrected chi connectivity index (χ0v) is 15.0. The Hall–Kier alpha value is -0.680. The van der Waals surface area contributed by atoms with Crippen molar-refractivity contribution < 1.29 is 28.0 Å². The molecule has 22 heavy (non-hydrogen) atoms. The number of nitrogens with one attached hydrogen (secondary N) is 1. The molecule has 7 nitrogen and oxygen atoms in total. The van der Waals surface area contributed by atoms with Gasteiger partial charge in [0, 0.05) is 12.1 Å². The zero-order valence-electron chi connectivity index (χ0n) is 13.0. The van der Waals surface area contributed by atoms with Crippen LogP contribution in [-0.4, -0.2) is 32.0 Å². The van der Waals surface area contributed by atoms with Crippen LogP contribution in [0.2, 0.25) is 0 Å². The minimum atomic E-state index is -3.81. The molecule has 9 heteroatoms. The molecule has 0 saturated heterocycles. The van der Waals surface area contributed by atoms with Crippen LogP contribution in [0.4, 0.5) is 0 Å². The van der Waals surface area contributed by atoms with E-state index in [1.54, 1.807) is 19.1 Å². The molecule has 0 bridgehead atoms. The Morgan fingerprint density at radius 1 is 1.36 bits per heavy atom. The molecule has 2 atom stereocenters. The summed E-state index contributed by atoms with van der Waals surface area (Å²) in [6, 6.07) is 3.44. The van der Waals surface area contributed by atoms with Gasteiger partial charge < -0.3 is 14.4 Å². The zero-order chi connectivity index (χ0) is 16.6. The Labute approximate surface area is 133 Å². The van der Waals surface area contributed by atoms with Crippen molar-refractivity contribution in [3.63, 3.8) is 0 Å². The van der Waals surface area contributed by atoms with Crippen LogP contribution in [0.5, 0.6) is 11.5 Å². The van der Waals surface area contributed by atoms with Gasteiger partial charge >= 0.3 is 7.82 Å². The van der Waals surface area contributed by atoms with Gasteiger partial charge in [0.25, 0.3) is 0 Å². The van der Waals surface area contributed by atoms with E-state index in [2.05, 4.69) is 14.5 Å². The number of hydrogen-bond acceptors (Lipinski definition) is 7. The second-order valence-electron chi connectivity index (χ2n) is 4.36. The predicted molar refractivity (Wildman–Crippen MR) is 87.2 cm³/mol. The molecule has 1 rings (SSSR count). The van der Waals surface area contributed by atoms with Crippen LogP contribution in [-0.2, 0) is 20.2 Å². The van der Waals surface area contributed by atoms with E-state index in [9.17, 15) is 9.67 Å². The lowest BCUT2D eigenvalue weighted by Gasteiger charge is -2.21. The van der Waals surface area contributed by atoms with Crippen molar-refractivity contribution in [2.24, 2.45) is 0 Å². The summed E-state index contributed by atoms with van der Waals surface area (Å²) in [5.74, 6) is 0.517. The fourth-order valence-electron chi connectivity index (χ4n) is 1.76. The van der Waals surface area contributed by atoms with Gasteiger partial charge in [-0.3, -0.25) is 14.1 Å². The van der Waals surface area contributed by atoms with Crippen molar-refractivity contribution >= 4 is 17.2 Å². The first-order chi connectivity index (χ1) is 10.5. The third-order valence-electron chi connectivity index (χ3n) is 2.65. The van der Waals surface area contributed by atoms with E-state index in [0.717, 1.165) is 5.56 Å². The van der Waals surface area contributed by atoms with Gasteiger partial charge in [-0.25, -0.2) is 4.57 Å². The molecule has 0 saturated carbocycles. The lowest BCUT2D eigenvalue weighted by molar-refractivity contribution is 0.160. The van der Waals surface area contributed by atoms with Gasteiger partial charge in [0.15, 0.2) is 11.5 Å². The molecular formula is C13H23NO6P2. The number of aryl methyl sites for hydroxylation is 1. The molecule has 0 spiro atoms. The number of hydrogen-bond donors (Lipinski definition) is 2. The summed E-state index contributed by atoms with van der Waals surface area (Å²) in [7, 11) is -0.0240. The van der Waals surface area contributed by atoms with Crippen molar-refractivity contribution in [3.8, 4) is 11.5 Å². The van der Waals surface area contributed by atoms with Gasteiger partial charge in [-0.1, -0.05) is 9.39 Å². The van der Waals surface area contributed by atoms with Gasteiger partial charge in [0.1, 0.15) is 0 Å². The molecule has 0 fully saturated rings. The van der Waals surface area contributed by atoms with Crippen molar-refractivity contribution in [3.05, 3.63) is 23.3 Å². The lowest BCUT2D eigenvalue weighted by atomic mass is 10.1. The topological polar surface area (TPSA) is 86.3 Å². The Morgan fingerprint density at radius 2 is 2.09 bits per heavy atom. The van der Waals surface area contributed by atoms with Crippen LogP contribution < -0.4 is 14.3 Å². The monoisotopic (exact) mass is 351 g/mol. The Morgan fingerprint density at radius 3 is 2.64 bits per heavy atom. The molecule has 0 heterocycles. The van der Waals surface area contributed by atoms with Crippen LogP contribution in [0.1, 0.15) is 18.1 Å². The number of ether oxygens (including phenoxy) is 1. The fourth-order valence-corrected chi connectivity index (χ4v) is 3.12. The highest BCUT2D eigenvalue weighted by atomic mass is 31.2. The van der Waals surface area contributed by atoms with Crippen molar-refractivity contribution in [2.45, 2.75) is 20.5 Å². The lowest BCUT2D eigenvalue weighted by Crippen LogP contribution is -2.12. The minimum absolute atomic E-state index is 0.142. The minimum Gasteiger partial charge on any atom is -0.493 e. The molecule has 0 aliphatic rings. The van der Waals surface area contributed by atoms with E-state index in [1.165, 1.54) is 7.11 Å². The van der Waals surface area contributed by atoms with Crippen LogP contribution >= 0.6 is 17.2 Å². The standard InChI is InChI=1S/C13H23NO6P2/c1-4-18-22(16,19-6-5-14-21)20-13-11(9-15)7-10(2)8-12(13)17-3/h7-8,14-15H,4-6,9,21H2,1-3H3. The van der Waals surface area contributed by atoms with E-state index in [4.69, 9.17) is 18.3 Å². The van der Waals surface area contributed by atoms with E-state index < -0.39 is 7.82 Å². The van der Waals surface area contributed by atoms with Gasteiger partial charge in [-0.05, 0) is 31.5 Å². The maximum absolute atomic E-state index is 12.6. The molecule has 0 amide bonds. The number of methoxy groups -OCH3 is 1. The van der Waals surface area contributed by atoms with E-state index in [1.807, 2.05) is 6.92 Å². The van der Waals surface area contributed by atoms with E-state index in [-0.39, 0.29) is 25.6 Å². The third kappa shape index (κ3) is 5.51. The van der Waals surface area contributed by atoms with E-state index in [0.29, 0.717) is 17.9 Å². The average molecular weight is 351 g/mol. The van der Waals surface area contributed by atoms with Crippen LogP contribution in [0.15, 0.2) is 12.1 Å². The second-order valence-corrected chi connectivity index (χ2v) is 6.36. The number of aliphatic hydroxyl groups is 1. The Kier molecular flexibility index (Phi) is 8.33. The Balaban J connectivity index is 3.09. The molecule has 126 valence electrons. The largest absolute Gasteiger partial charge is 0.530 e. The first kappa shape index (κ1) is 19.4. The first-order valence-corrected chi connectivity index (χ1v) is 8.84. The van der Waals surface area contributed by atoms with Gasteiger partial charge in [0.2, 0.25) is 0 Å². The number of aliphatic hydroxyl groups excluding tert-OH is 1. The van der Waals surface area contributed by atoms with Crippen molar-refractivity contribution in [1.82, 2.24) is 5.09 Å². The molecule has 1 aromatic carbocycles. The van der Waals surface area contributed by atoms with Gasteiger partial charge in [-0.2, -0.15) is 0 Å². The molecule has 0 aliphatic heterocycles. The summed E-state index contributed by atoms with van der Waals surface area (Å²) in [4.78, 5) is 0. The molecule has 1 aromatic rings. The van der Waals surface area contributed by atoms with Crippen molar-refractivity contribution in [2.75, 3.05) is 26.9 Å². The number of benzene rings is 1. The molecule has 2 N–H and O–H groups in total. The molecule has 0 aromatic heterocycles. The first-order valence-electron chi connectivity index (χ1n) is 6.80. The van der Waals surface area contributed by atoms with Crippen LogP contribution in [0, 0.1) is 6.92 Å². The summed E-state index contributed by atoms with van der Waals surface area (Å²) in [6.45, 7) is 4.02. The maximum atomic E-state index is 12.6. The summed E-state index contributed by atoms with van der Waals surface area (Å²) in [5.41, 5.74) is 1.33. The third-order valence-corrected chi connectivity index (χ3v) is 4.42. The summed E-state index contributed by atoms with van der Waals surface area (Å²) < 4.78 is 33.7. The van der Waals surface area contributed by atoms with E-state index >= 15 is 0 Å². The normalized spacial score (nSPS) is 13.7. The van der Waals surface area contributed by atoms with Crippen LogP contribution in [0.3, 0.4) is 0 Å². The van der Waals surface area contributed by atoms with Gasteiger partial charge in [0.05, 0.1) is 26.9 Å². The fraction of sp³-hybridized carbons (Fsp3) is 0.538. The van der Waals surface area contributed by atoms with Gasteiger partial charge in [-0.15, -0.1) is 0 Å². The highest BCUT2D eigenvalue weighted by Gasteiger charge is 2.30. The second kappa shape index (κ2) is 9.46.